The Morgan fingerprint density at radius 2 is 2.24 bits per heavy atom. The Kier molecular flexibility index (Phi) is 1.97. The van der Waals surface area contributed by atoms with Gasteiger partial charge in [0.15, 0.2) is 0 Å². The molecule has 0 aliphatic carbocycles. The maximum Gasteiger partial charge on any atom is 0.269 e. The van der Waals surface area contributed by atoms with Gasteiger partial charge in [0.2, 0.25) is 5.82 Å². The molecular weight excluding hydrogens is 220 g/mol. The fourth-order valence-electron chi connectivity index (χ4n) is 1.61. The maximum atomic E-state index is 12.2. The van der Waals surface area contributed by atoms with E-state index in [0.717, 1.165) is 5.56 Å². The van der Waals surface area contributed by atoms with Gasteiger partial charge in [-0.05, 0) is 23.8 Å². The van der Waals surface area contributed by atoms with Gasteiger partial charge in [-0.25, -0.2) is 4.98 Å². The lowest BCUT2D eigenvalue weighted by Gasteiger charge is -2.02. The van der Waals surface area contributed by atoms with E-state index >= 15 is 0 Å². The Balaban J connectivity index is 2.36. The fraction of sp³-hybridized carbons (Fsp3) is 0.100. The molecule has 0 amide bonds. The highest BCUT2D eigenvalue weighted by Crippen LogP contribution is 2.07. The predicted octanol–water partition coefficient (Wildman–Crippen LogP) is 0.183. The summed E-state index contributed by atoms with van der Waals surface area (Å²) in [5.74, 6) is 0.249. The molecule has 0 atom stereocenters. The van der Waals surface area contributed by atoms with Gasteiger partial charge in [-0.3, -0.25) is 9.20 Å². The Labute approximate surface area is 95.1 Å². The smallest absolute Gasteiger partial charge is 0.268 e. The molecule has 0 spiro atoms. The van der Waals surface area contributed by atoms with Gasteiger partial charge in [0, 0.05) is 12.4 Å². The summed E-state index contributed by atoms with van der Waals surface area (Å²) in [5.41, 5.74) is 1.68. The zero-order valence-corrected chi connectivity index (χ0v) is 8.95. The van der Waals surface area contributed by atoms with Crippen molar-refractivity contribution in [2.75, 3.05) is 0 Å². The summed E-state index contributed by atoms with van der Waals surface area (Å²) >= 11 is 0. The topological polar surface area (TPSA) is 88.8 Å². The molecule has 0 unspecified atom stereocenters. The summed E-state index contributed by atoms with van der Waals surface area (Å²) in [4.78, 5) is 16.4. The predicted molar refractivity (Wildman–Crippen MR) is 59.4 cm³/mol. The number of tetrazole rings is 1. The first-order valence-electron chi connectivity index (χ1n) is 4.97. The number of aromatic nitrogens is 6. The van der Waals surface area contributed by atoms with Crippen molar-refractivity contribution in [3.05, 3.63) is 40.4 Å². The van der Waals surface area contributed by atoms with Crippen LogP contribution in [0.2, 0.25) is 0 Å². The van der Waals surface area contributed by atoms with Crippen LogP contribution in [0.4, 0.5) is 0 Å². The van der Waals surface area contributed by atoms with Crippen molar-refractivity contribution in [2.24, 2.45) is 0 Å². The average Bonchev–Trinajstić information content (AvgIpc) is 2.84. The molecule has 3 heterocycles. The summed E-state index contributed by atoms with van der Waals surface area (Å²) in [6.07, 6.45) is 3.19. The zero-order chi connectivity index (χ0) is 11.8. The minimum Gasteiger partial charge on any atom is -0.268 e. The number of nitrogens with one attached hydrogen (secondary N) is 1. The molecule has 0 saturated carbocycles. The molecule has 0 radical (unpaired) electrons. The monoisotopic (exact) mass is 228 g/mol. The van der Waals surface area contributed by atoms with Gasteiger partial charge < -0.3 is 0 Å². The summed E-state index contributed by atoms with van der Waals surface area (Å²) in [7, 11) is 0. The number of hydrogen-bond donors (Lipinski definition) is 1. The van der Waals surface area contributed by atoms with E-state index in [0.29, 0.717) is 11.2 Å². The van der Waals surface area contributed by atoms with Crippen molar-refractivity contribution in [2.45, 2.75) is 6.92 Å². The molecule has 3 rings (SSSR count). The van der Waals surface area contributed by atoms with Crippen LogP contribution >= 0.6 is 0 Å². The lowest BCUT2D eigenvalue weighted by atomic mass is 10.3. The summed E-state index contributed by atoms with van der Waals surface area (Å²) in [6, 6.07) is 3.69. The first kappa shape index (κ1) is 9.64. The van der Waals surface area contributed by atoms with Gasteiger partial charge >= 0.3 is 0 Å². The first-order valence-corrected chi connectivity index (χ1v) is 4.97. The van der Waals surface area contributed by atoms with Crippen molar-refractivity contribution in [3.63, 3.8) is 0 Å². The van der Waals surface area contributed by atoms with Gasteiger partial charge in [-0.15, -0.1) is 10.2 Å². The van der Waals surface area contributed by atoms with E-state index in [9.17, 15) is 4.79 Å². The molecule has 0 bridgehead atoms. The van der Waals surface area contributed by atoms with Crippen molar-refractivity contribution in [1.82, 2.24) is 30.0 Å². The minimum atomic E-state index is -0.208. The number of H-pyrrole nitrogens is 1. The highest BCUT2D eigenvalue weighted by atomic mass is 16.1. The van der Waals surface area contributed by atoms with Gasteiger partial charge in [-0.2, -0.15) is 5.21 Å². The van der Waals surface area contributed by atoms with Gasteiger partial charge in [0.1, 0.15) is 11.2 Å². The van der Waals surface area contributed by atoms with E-state index in [4.69, 9.17) is 0 Å². The molecule has 84 valence electrons. The Bertz CT molecular complexity index is 730. The number of aromatic amines is 1. The molecule has 7 heteroatoms. The highest BCUT2D eigenvalue weighted by molar-refractivity contribution is 5.54. The van der Waals surface area contributed by atoms with Gasteiger partial charge in [-0.1, -0.05) is 6.07 Å². The second kappa shape index (κ2) is 3.48. The average molecular weight is 228 g/mol. The van der Waals surface area contributed by atoms with E-state index < -0.39 is 0 Å². The molecule has 0 aromatic carbocycles. The molecule has 0 aliphatic heterocycles. The summed E-state index contributed by atoms with van der Waals surface area (Å²) in [6.45, 7) is 1.91. The molecule has 7 nitrogen and oxygen atoms in total. The molecule has 1 N–H and O–H groups in total. The molecule has 3 aromatic heterocycles. The van der Waals surface area contributed by atoms with Crippen molar-refractivity contribution >= 4 is 5.65 Å². The van der Waals surface area contributed by atoms with Crippen LogP contribution in [0.1, 0.15) is 5.56 Å². The van der Waals surface area contributed by atoms with Crippen molar-refractivity contribution in [1.29, 1.82) is 0 Å². The van der Waals surface area contributed by atoms with Crippen LogP contribution in [0.3, 0.4) is 0 Å². The highest BCUT2D eigenvalue weighted by Gasteiger charge is 2.10. The second-order valence-electron chi connectivity index (χ2n) is 3.65. The Hall–Kier alpha value is -2.57. The largest absolute Gasteiger partial charge is 0.269 e. The Morgan fingerprint density at radius 3 is 3.00 bits per heavy atom. The third kappa shape index (κ3) is 1.48. The maximum absolute atomic E-state index is 12.2. The number of hydrogen-bond acceptors (Lipinski definition) is 5. The number of fused-ring (bicyclic) bond motifs is 1. The van der Waals surface area contributed by atoms with Gasteiger partial charge in [0.05, 0.1) is 0 Å². The molecule has 0 fully saturated rings. The normalized spacial score (nSPS) is 10.9. The van der Waals surface area contributed by atoms with E-state index in [1.165, 1.54) is 10.6 Å². The van der Waals surface area contributed by atoms with Crippen LogP contribution in [0.5, 0.6) is 0 Å². The number of rotatable bonds is 1. The SMILES string of the molecule is Cc1ccc2ncc(-c3nn[nH]n3)c(=O)n2c1. The molecule has 0 aliphatic rings. The number of pyridine rings is 1. The van der Waals surface area contributed by atoms with E-state index in [1.807, 2.05) is 13.0 Å². The third-order valence-electron chi connectivity index (χ3n) is 2.44. The molecule has 3 aromatic rings. The van der Waals surface area contributed by atoms with E-state index in [2.05, 4.69) is 25.6 Å². The van der Waals surface area contributed by atoms with Crippen LogP contribution in [-0.2, 0) is 0 Å². The van der Waals surface area contributed by atoms with Gasteiger partial charge in [0.25, 0.3) is 5.56 Å². The van der Waals surface area contributed by atoms with Crippen molar-refractivity contribution < 1.29 is 0 Å². The molecule has 17 heavy (non-hydrogen) atoms. The van der Waals surface area contributed by atoms with E-state index in [-0.39, 0.29) is 11.4 Å². The van der Waals surface area contributed by atoms with Crippen molar-refractivity contribution in [3.8, 4) is 11.4 Å². The minimum absolute atomic E-state index is 0.208. The standard InChI is InChI=1S/C10H8N6O/c1-6-2-3-8-11-4-7(9-12-14-15-13-9)10(17)16(8)5-6/h2-5H,1H3,(H,12,13,14,15). The first-order chi connectivity index (χ1) is 8.25. The van der Waals surface area contributed by atoms with Crippen LogP contribution in [0, 0.1) is 6.92 Å². The second-order valence-corrected chi connectivity index (χ2v) is 3.65. The van der Waals surface area contributed by atoms with Crippen LogP contribution in [0.15, 0.2) is 29.3 Å². The van der Waals surface area contributed by atoms with E-state index in [1.54, 1.807) is 12.3 Å². The Morgan fingerprint density at radius 1 is 1.35 bits per heavy atom. The quantitative estimate of drug-likeness (QED) is 0.642. The number of aryl methyl sites for hydroxylation is 1. The lowest BCUT2D eigenvalue weighted by Crippen LogP contribution is -2.17. The summed E-state index contributed by atoms with van der Waals surface area (Å²) < 4.78 is 1.47. The fourth-order valence-corrected chi connectivity index (χ4v) is 1.61. The van der Waals surface area contributed by atoms with Crippen LogP contribution < -0.4 is 5.56 Å². The summed E-state index contributed by atoms with van der Waals surface area (Å²) in [5, 5.41) is 13.3. The third-order valence-corrected chi connectivity index (χ3v) is 2.44. The lowest BCUT2D eigenvalue weighted by molar-refractivity contribution is 0.881. The molecular formula is C10H8N6O. The molecule has 0 saturated heterocycles. The van der Waals surface area contributed by atoms with Crippen LogP contribution in [-0.4, -0.2) is 30.0 Å². The van der Waals surface area contributed by atoms with Crippen LogP contribution in [0.25, 0.3) is 17.0 Å². The zero-order valence-electron chi connectivity index (χ0n) is 8.95. The number of nitrogens with zero attached hydrogens (tertiary/aromatic N) is 5.